The van der Waals surface area contributed by atoms with Crippen molar-refractivity contribution in [1.82, 2.24) is 0 Å². The van der Waals surface area contributed by atoms with Crippen molar-refractivity contribution in [1.29, 1.82) is 0 Å². The Kier molecular flexibility index (Phi) is 3.85. The standard InChI is InChI=1S/C10H17BN/c1-10-6-2-4-8-12(10)9-5-3-7-11/h2,4,6,8H,3,5,7,9,11H2,1H3/q+1. The lowest BCUT2D eigenvalue weighted by molar-refractivity contribution is -0.703. The van der Waals surface area contributed by atoms with E-state index in [0.717, 1.165) is 0 Å². The highest BCUT2D eigenvalue weighted by atomic mass is 14.9. The Morgan fingerprint density at radius 1 is 1.33 bits per heavy atom. The van der Waals surface area contributed by atoms with Gasteiger partial charge in [-0.25, -0.2) is 4.57 Å². The summed E-state index contributed by atoms with van der Waals surface area (Å²) in [5, 5.41) is 0. The molecule has 0 aromatic carbocycles. The van der Waals surface area contributed by atoms with Crippen molar-refractivity contribution in [2.24, 2.45) is 0 Å². The third-order valence-corrected chi connectivity index (χ3v) is 2.17. The fraction of sp³-hybridized carbons (Fsp3) is 0.500. The molecule has 0 bridgehead atoms. The first kappa shape index (κ1) is 9.30. The van der Waals surface area contributed by atoms with Crippen LogP contribution < -0.4 is 4.57 Å². The monoisotopic (exact) mass is 162 g/mol. The summed E-state index contributed by atoms with van der Waals surface area (Å²) >= 11 is 0. The maximum absolute atomic E-state index is 2.32. The minimum atomic E-state index is 1.17. The normalized spacial score (nSPS) is 10.1. The average Bonchev–Trinajstić information content (AvgIpc) is 2.09. The van der Waals surface area contributed by atoms with Crippen LogP contribution in [0, 0.1) is 6.92 Å². The molecule has 0 N–H and O–H groups in total. The third-order valence-electron chi connectivity index (χ3n) is 2.17. The van der Waals surface area contributed by atoms with Crippen molar-refractivity contribution >= 4 is 7.85 Å². The second kappa shape index (κ2) is 4.97. The number of aryl methyl sites for hydroxylation is 2. The van der Waals surface area contributed by atoms with Gasteiger partial charge in [0.1, 0.15) is 14.4 Å². The van der Waals surface area contributed by atoms with Crippen molar-refractivity contribution in [3.05, 3.63) is 30.1 Å². The number of rotatable bonds is 4. The molecule has 1 heterocycles. The van der Waals surface area contributed by atoms with Gasteiger partial charge in [-0.15, -0.1) is 0 Å². The van der Waals surface area contributed by atoms with Crippen LogP contribution in [0.5, 0.6) is 0 Å². The summed E-state index contributed by atoms with van der Waals surface area (Å²) in [6.45, 7) is 3.33. The predicted octanol–water partition coefficient (Wildman–Crippen LogP) is 1.11. The molecule has 0 aliphatic carbocycles. The van der Waals surface area contributed by atoms with Gasteiger partial charge in [0.15, 0.2) is 11.9 Å². The zero-order chi connectivity index (χ0) is 8.81. The number of aromatic nitrogens is 1. The van der Waals surface area contributed by atoms with Crippen molar-refractivity contribution in [3.63, 3.8) is 0 Å². The molecular formula is C10H17BN+. The van der Waals surface area contributed by atoms with Crippen LogP contribution >= 0.6 is 0 Å². The highest BCUT2D eigenvalue weighted by molar-refractivity contribution is 6.08. The summed E-state index contributed by atoms with van der Waals surface area (Å²) in [5.74, 6) is 0. The van der Waals surface area contributed by atoms with Crippen LogP contribution in [0.1, 0.15) is 18.5 Å². The molecule has 0 spiro atoms. The number of pyridine rings is 1. The summed E-state index contributed by atoms with van der Waals surface area (Å²) in [6, 6.07) is 6.34. The van der Waals surface area contributed by atoms with Gasteiger partial charge < -0.3 is 0 Å². The lowest BCUT2D eigenvalue weighted by Crippen LogP contribution is -2.36. The van der Waals surface area contributed by atoms with E-state index in [1.807, 2.05) is 0 Å². The number of unbranched alkanes of at least 4 members (excludes halogenated alkanes) is 1. The molecule has 0 saturated heterocycles. The van der Waals surface area contributed by atoms with E-state index in [0.29, 0.717) is 0 Å². The fourth-order valence-electron chi connectivity index (χ4n) is 1.34. The molecule has 0 saturated carbocycles. The van der Waals surface area contributed by atoms with Gasteiger partial charge in [0, 0.05) is 25.5 Å². The van der Waals surface area contributed by atoms with Crippen LogP contribution in [0.4, 0.5) is 0 Å². The van der Waals surface area contributed by atoms with Crippen LogP contribution in [0.15, 0.2) is 24.4 Å². The Balaban J connectivity index is 2.46. The van der Waals surface area contributed by atoms with Crippen molar-refractivity contribution in [3.8, 4) is 0 Å². The first-order chi connectivity index (χ1) is 5.84. The van der Waals surface area contributed by atoms with Gasteiger partial charge in [-0.1, -0.05) is 18.8 Å². The molecule has 1 aromatic rings. The van der Waals surface area contributed by atoms with E-state index < -0.39 is 0 Å². The van der Waals surface area contributed by atoms with E-state index >= 15 is 0 Å². The molecule has 0 amide bonds. The van der Waals surface area contributed by atoms with Gasteiger partial charge in [0.25, 0.3) is 0 Å². The lowest BCUT2D eigenvalue weighted by Gasteiger charge is -1.98. The lowest BCUT2D eigenvalue weighted by atomic mass is 10.0. The van der Waals surface area contributed by atoms with E-state index in [4.69, 9.17) is 0 Å². The largest absolute Gasteiger partial charge is 0.203 e. The Hall–Kier alpha value is -0.785. The van der Waals surface area contributed by atoms with E-state index in [2.05, 4.69) is 43.7 Å². The molecule has 12 heavy (non-hydrogen) atoms. The molecule has 0 aliphatic heterocycles. The SMILES string of the molecule is BCCCC[n+]1ccccc1C. The first-order valence-electron chi connectivity index (χ1n) is 4.79. The molecular weight excluding hydrogens is 145 g/mol. The minimum Gasteiger partial charge on any atom is -0.203 e. The van der Waals surface area contributed by atoms with Crippen LogP contribution in [-0.4, -0.2) is 7.85 Å². The van der Waals surface area contributed by atoms with E-state index in [9.17, 15) is 0 Å². The number of hydrogen-bond donors (Lipinski definition) is 0. The molecule has 2 heteroatoms. The topological polar surface area (TPSA) is 3.88 Å². The predicted molar refractivity (Wildman–Crippen MR) is 54.0 cm³/mol. The second-order valence-corrected chi connectivity index (χ2v) is 3.24. The molecule has 1 nitrogen and oxygen atoms in total. The highest BCUT2D eigenvalue weighted by Gasteiger charge is 2.01. The van der Waals surface area contributed by atoms with Crippen LogP contribution in [0.2, 0.25) is 6.32 Å². The summed E-state index contributed by atoms with van der Waals surface area (Å²) in [4.78, 5) is 0. The zero-order valence-electron chi connectivity index (χ0n) is 8.09. The minimum absolute atomic E-state index is 1.17. The molecule has 0 atom stereocenters. The number of nitrogens with zero attached hydrogens (tertiary/aromatic N) is 1. The first-order valence-corrected chi connectivity index (χ1v) is 4.79. The van der Waals surface area contributed by atoms with Gasteiger partial charge in [-0.2, -0.15) is 0 Å². The van der Waals surface area contributed by atoms with Crippen molar-refractivity contribution < 1.29 is 4.57 Å². The van der Waals surface area contributed by atoms with E-state index in [1.54, 1.807) is 0 Å². The van der Waals surface area contributed by atoms with Crippen LogP contribution in [0.25, 0.3) is 0 Å². The fourth-order valence-corrected chi connectivity index (χ4v) is 1.34. The van der Waals surface area contributed by atoms with E-state index in [-0.39, 0.29) is 0 Å². The Labute approximate surface area is 75.8 Å². The average molecular weight is 162 g/mol. The Morgan fingerprint density at radius 3 is 2.83 bits per heavy atom. The smallest absolute Gasteiger partial charge is 0.178 e. The van der Waals surface area contributed by atoms with Crippen LogP contribution in [0.3, 0.4) is 0 Å². The Morgan fingerprint density at radius 2 is 2.17 bits per heavy atom. The third kappa shape index (κ3) is 2.69. The quantitative estimate of drug-likeness (QED) is 0.354. The summed E-state index contributed by atoms with van der Waals surface area (Å²) in [5.41, 5.74) is 1.36. The summed E-state index contributed by atoms with van der Waals surface area (Å²) in [7, 11) is 2.24. The molecule has 0 fully saturated rings. The molecule has 1 rings (SSSR count). The molecule has 0 unspecified atom stereocenters. The Bertz CT molecular complexity index is 235. The highest BCUT2D eigenvalue weighted by Crippen LogP contribution is 1.94. The van der Waals surface area contributed by atoms with Crippen molar-refractivity contribution in [2.45, 2.75) is 32.6 Å². The van der Waals surface area contributed by atoms with Crippen molar-refractivity contribution in [2.75, 3.05) is 0 Å². The molecule has 0 aliphatic rings. The maximum atomic E-state index is 2.32. The molecule has 1 aromatic heterocycles. The van der Waals surface area contributed by atoms with E-state index in [1.165, 1.54) is 31.4 Å². The van der Waals surface area contributed by atoms with Gasteiger partial charge in [0.2, 0.25) is 0 Å². The van der Waals surface area contributed by atoms with Gasteiger partial charge in [-0.05, 0) is 0 Å². The van der Waals surface area contributed by atoms with Gasteiger partial charge >= 0.3 is 0 Å². The summed E-state index contributed by atoms with van der Waals surface area (Å²) in [6.07, 6.45) is 6.09. The summed E-state index contributed by atoms with van der Waals surface area (Å²) < 4.78 is 2.32. The van der Waals surface area contributed by atoms with Gasteiger partial charge in [0.05, 0.1) is 0 Å². The maximum Gasteiger partial charge on any atom is 0.178 e. The number of hydrogen-bond acceptors (Lipinski definition) is 0. The van der Waals surface area contributed by atoms with Crippen LogP contribution in [-0.2, 0) is 6.54 Å². The zero-order valence-corrected chi connectivity index (χ0v) is 8.09. The second-order valence-electron chi connectivity index (χ2n) is 3.24. The molecule has 0 radical (unpaired) electrons. The van der Waals surface area contributed by atoms with Gasteiger partial charge in [-0.3, -0.25) is 0 Å². The molecule has 64 valence electrons.